The van der Waals surface area contributed by atoms with Gasteiger partial charge < -0.3 is 5.32 Å². The first-order chi connectivity index (χ1) is 4.72. The van der Waals surface area contributed by atoms with Crippen molar-refractivity contribution in [3.63, 3.8) is 0 Å². The van der Waals surface area contributed by atoms with Crippen LogP contribution in [0.15, 0.2) is 29.0 Å². The van der Waals surface area contributed by atoms with Crippen LogP contribution in [0, 0.1) is 0 Å². The van der Waals surface area contributed by atoms with Crippen molar-refractivity contribution in [2.24, 2.45) is 4.99 Å². The van der Waals surface area contributed by atoms with Gasteiger partial charge in [0.05, 0.1) is 5.70 Å². The molecular weight excluding hydrogens is 124 g/mol. The summed E-state index contributed by atoms with van der Waals surface area (Å²) in [5.41, 5.74) is 1.86. The van der Waals surface area contributed by atoms with Gasteiger partial charge in [0.25, 0.3) is 0 Å². The van der Waals surface area contributed by atoms with Crippen LogP contribution in [0.4, 0.5) is 0 Å². The van der Waals surface area contributed by atoms with E-state index in [1.165, 1.54) is 0 Å². The molecule has 0 saturated carbocycles. The Balaban J connectivity index is 4.26. The van der Waals surface area contributed by atoms with Crippen molar-refractivity contribution in [3.05, 3.63) is 24.0 Å². The summed E-state index contributed by atoms with van der Waals surface area (Å²) in [6.45, 7) is 7.58. The summed E-state index contributed by atoms with van der Waals surface area (Å²) < 4.78 is 0. The van der Waals surface area contributed by atoms with E-state index in [0.717, 1.165) is 11.3 Å². The number of hydrogen-bond acceptors (Lipinski definition) is 2. The molecule has 2 heteroatoms. The van der Waals surface area contributed by atoms with Crippen molar-refractivity contribution in [2.45, 2.75) is 13.8 Å². The molecule has 56 valence electrons. The van der Waals surface area contributed by atoms with Crippen molar-refractivity contribution < 1.29 is 0 Å². The third-order valence-electron chi connectivity index (χ3n) is 0.987. The van der Waals surface area contributed by atoms with Crippen LogP contribution in [0.3, 0.4) is 0 Å². The summed E-state index contributed by atoms with van der Waals surface area (Å²) in [7, 11) is 1.84. The van der Waals surface area contributed by atoms with E-state index in [1.54, 1.807) is 6.21 Å². The zero-order valence-electron chi connectivity index (χ0n) is 6.81. The molecule has 0 unspecified atom stereocenters. The number of hydrogen-bond donors (Lipinski definition) is 1. The molecule has 1 N–H and O–H groups in total. The van der Waals surface area contributed by atoms with Crippen molar-refractivity contribution in [1.82, 2.24) is 5.32 Å². The molecule has 0 aliphatic rings. The van der Waals surface area contributed by atoms with Gasteiger partial charge >= 0.3 is 0 Å². The highest BCUT2D eigenvalue weighted by atomic mass is 14.8. The number of aliphatic imine (C=N–C) groups is 1. The quantitative estimate of drug-likeness (QED) is 0.466. The first-order valence-electron chi connectivity index (χ1n) is 3.24. The van der Waals surface area contributed by atoms with Gasteiger partial charge in [-0.15, -0.1) is 0 Å². The van der Waals surface area contributed by atoms with Crippen LogP contribution in [0.1, 0.15) is 13.8 Å². The summed E-state index contributed by atoms with van der Waals surface area (Å²) in [5, 5.41) is 2.90. The minimum Gasteiger partial charge on any atom is -0.392 e. The van der Waals surface area contributed by atoms with E-state index in [2.05, 4.69) is 16.9 Å². The fraction of sp³-hybridized carbons (Fsp3) is 0.375. The van der Waals surface area contributed by atoms with Gasteiger partial charge in [0.15, 0.2) is 0 Å². The van der Waals surface area contributed by atoms with Crippen molar-refractivity contribution in [1.29, 1.82) is 0 Å². The first kappa shape index (κ1) is 8.95. The Morgan fingerprint density at radius 1 is 1.60 bits per heavy atom. The number of nitrogens with one attached hydrogen (secondary N) is 1. The Hall–Kier alpha value is -1.05. The van der Waals surface area contributed by atoms with Gasteiger partial charge in [0, 0.05) is 19.5 Å². The summed E-state index contributed by atoms with van der Waals surface area (Å²) in [5.74, 6) is 0. The van der Waals surface area contributed by atoms with E-state index < -0.39 is 0 Å². The number of nitrogens with zero attached hydrogens (tertiary/aromatic N) is 1. The molecule has 2 nitrogen and oxygen atoms in total. The predicted molar refractivity (Wildman–Crippen MR) is 46.1 cm³/mol. The maximum absolute atomic E-state index is 4.09. The molecule has 0 heterocycles. The van der Waals surface area contributed by atoms with Gasteiger partial charge in [-0.05, 0) is 19.4 Å². The standard InChI is InChI=1S/C8H14N2/c1-5-10-8(6-9-4)7(2)3/h5-6,9H,2H2,1,3-4H3/b8-6+,10-5?. The number of rotatable bonds is 3. The van der Waals surface area contributed by atoms with Gasteiger partial charge in [0.1, 0.15) is 0 Å². The molecule has 0 spiro atoms. The summed E-state index contributed by atoms with van der Waals surface area (Å²) >= 11 is 0. The Kier molecular flexibility index (Phi) is 4.29. The molecule has 0 amide bonds. The topological polar surface area (TPSA) is 24.4 Å². The average molecular weight is 138 g/mol. The molecule has 0 fully saturated rings. The zero-order chi connectivity index (χ0) is 7.98. The van der Waals surface area contributed by atoms with Gasteiger partial charge in [-0.2, -0.15) is 0 Å². The maximum atomic E-state index is 4.09. The second kappa shape index (κ2) is 4.79. The van der Waals surface area contributed by atoms with Crippen molar-refractivity contribution >= 4 is 6.21 Å². The summed E-state index contributed by atoms with van der Waals surface area (Å²) in [4.78, 5) is 4.09. The second-order valence-corrected chi connectivity index (χ2v) is 1.99. The van der Waals surface area contributed by atoms with Crippen LogP contribution < -0.4 is 5.32 Å². The van der Waals surface area contributed by atoms with E-state index in [4.69, 9.17) is 0 Å². The largest absolute Gasteiger partial charge is 0.392 e. The zero-order valence-corrected chi connectivity index (χ0v) is 6.81. The van der Waals surface area contributed by atoms with Crippen LogP contribution in [0.2, 0.25) is 0 Å². The van der Waals surface area contributed by atoms with E-state index in [1.807, 2.05) is 27.1 Å². The Morgan fingerprint density at radius 2 is 2.20 bits per heavy atom. The summed E-state index contributed by atoms with van der Waals surface area (Å²) in [6, 6.07) is 0. The Labute approximate surface area is 62.4 Å². The highest BCUT2D eigenvalue weighted by Gasteiger charge is 1.90. The lowest BCUT2D eigenvalue weighted by Gasteiger charge is -1.97. The van der Waals surface area contributed by atoms with Gasteiger partial charge in [-0.25, -0.2) is 0 Å². The molecule has 0 aliphatic heterocycles. The van der Waals surface area contributed by atoms with E-state index in [0.29, 0.717) is 0 Å². The molecule has 0 aliphatic carbocycles. The highest BCUT2D eigenvalue weighted by molar-refractivity contribution is 5.56. The minimum atomic E-state index is 0.894. The third-order valence-corrected chi connectivity index (χ3v) is 0.987. The maximum Gasteiger partial charge on any atom is 0.0805 e. The molecule has 0 aromatic rings. The summed E-state index contributed by atoms with van der Waals surface area (Å²) in [6.07, 6.45) is 3.57. The molecule has 0 atom stereocenters. The van der Waals surface area contributed by atoms with Gasteiger partial charge in [0.2, 0.25) is 0 Å². The van der Waals surface area contributed by atoms with Crippen molar-refractivity contribution in [3.8, 4) is 0 Å². The normalized spacial score (nSPS) is 12.1. The molecular formula is C8H14N2. The predicted octanol–water partition coefficient (Wildman–Crippen LogP) is 1.71. The van der Waals surface area contributed by atoms with E-state index in [-0.39, 0.29) is 0 Å². The van der Waals surface area contributed by atoms with Crippen LogP contribution in [-0.4, -0.2) is 13.3 Å². The number of allylic oxidation sites excluding steroid dienone is 1. The van der Waals surface area contributed by atoms with Crippen LogP contribution in [0.5, 0.6) is 0 Å². The first-order valence-corrected chi connectivity index (χ1v) is 3.24. The van der Waals surface area contributed by atoms with Crippen LogP contribution in [-0.2, 0) is 0 Å². The molecule has 0 aromatic heterocycles. The minimum absolute atomic E-state index is 0.894. The average Bonchev–Trinajstić information content (AvgIpc) is 1.87. The SMILES string of the molecule is C=C(C)/C(=C\NC)N=CC. The van der Waals surface area contributed by atoms with E-state index in [9.17, 15) is 0 Å². The molecule has 0 aromatic carbocycles. The lowest BCUT2D eigenvalue weighted by atomic mass is 10.3. The van der Waals surface area contributed by atoms with E-state index >= 15 is 0 Å². The highest BCUT2D eigenvalue weighted by Crippen LogP contribution is 2.05. The lowest BCUT2D eigenvalue weighted by Crippen LogP contribution is -1.95. The molecule has 0 rings (SSSR count). The Morgan fingerprint density at radius 3 is 2.50 bits per heavy atom. The Bertz CT molecular complexity index is 166. The molecule has 0 radical (unpaired) electrons. The monoisotopic (exact) mass is 138 g/mol. The molecule has 10 heavy (non-hydrogen) atoms. The van der Waals surface area contributed by atoms with Gasteiger partial charge in [-0.3, -0.25) is 4.99 Å². The third kappa shape index (κ3) is 3.07. The van der Waals surface area contributed by atoms with Crippen LogP contribution in [0.25, 0.3) is 0 Å². The van der Waals surface area contributed by atoms with Crippen molar-refractivity contribution in [2.75, 3.05) is 7.05 Å². The second-order valence-electron chi connectivity index (χ2n) is 1.99. The fourth-order valence-corrected chi connectivity index (χ4v) is 0.546. The fourth-order valence-electron chi connectivity index (χ4n) is 0.546. The molecule has 0 saturated heterocycles. The van der Waals surface area contributed by atoms with Crippen LogP contribution >= 0.6 is 0 Å². The van der Waals surface area contributed by atoms with Gasteiger partial charge in [-0.1, -0.05) is 6.58 Å². The lowest BCUT2D eigenvalue weighted by molar-refractivity contribution is 1.07. The smallest absolute Gasteiger partial charge is 0.0805 e. The molecule has 0 bridgehead atoms.